The number of alkyl halides is 3. The van der Waals surface area contributed by atoms with Crippen molar-refractivity contribution in [1.82, 2.24) is 14.9 Å². The van der Waals surface area contributed by atoms with Gasteiger partial charge in [-0.1, -0.05) is 0 Å². The lowest BCUT2D eigenvalue weighted by Crippen LogP contribution is -2.48. The summed E-state index contributed by atoms with van der Waals surface area (Å²) in [6.45, 7) is 3.79. The number of halogens is 3. The van der Waals surface area contributed by atoms with Crippen LogP contribution in [0.3, 0.4) is 0 Å². The third-order valence-electron chi connectivity index (χ3n) is 5.33. The van der Waals surface area contributed by atoms with Gasteiger partial charge in [-0.15, -0.1) is 0 Å². The Hall–Kier alpha value is -2.84. The summed E-state index contributed by atoms with van der Waals surface area (Å²) in [5, 5.41) is 0. The Balaban J connectivity index is 1.34. The van der Waals surface area contributed by atoms with Crippen molar-refractivity contribution in [3.63, 3.8) is 0 Å². The van der Waals surface area contributed by atoms with Crippen LogP contribution in [-0.2, 0) is 24.1 Å². The number of amides is 1. The van der Waals surface area contributed by atoms with E-state index in [4.69, 9.17) is 0 Å². The lowest BCUT2D eigenvalue weighted by molar-refractivity contribution is -0.141. The van der Waals surface area contributed by atoms with Gasteiger partial charge in [0.05, 0.1) is 6.54 Å². The lowest BCUT2D eigenvalue weighted by atomic mass is 9.95. The molecule has 0 spiro atoms. The second-order valence-corrected chi connectivity index (χ2v) is 7.40. The number of aryl methyl sites for hydroxylation is 1. The molecule has 4 heterocycles. The summed E-state index contributed by atoms with van der Waals surface area (Å²) < 4.78 is 38.4. The van der Waals surface area contributed by atoms with Gasteiger partial charge in [0, 0.05) is 55.6 Å². The highest BCUT2D eigenvalue weighted by Gasteiger charge is 2.35. The van der Waals surface area contributed by atoms with E-state index in [2.05, 4.69) is 9.97 Å². The van der Waals surface area contributed by atoms with Crippen molar-refractivity contribution >= 4 is 11.6 Å². The number of aromatic amines is 1. The van der Waals surface area contributed by atoms with Gasteiger partial charge in [-0.2, -0.15) is 13.2 Å². The van der Waals surface area contributed by atoms with E-state index in [1.165, 1.54) is 6.07 Å². The first-order valence-electron chi connectivity index (χ1n) is 8.98. The largest absolute Gasteiger partial charge is 0.433 e. The molecule has 9 heteroatoms. The van der Waals surface area contributed by atoms with E-state index >= 15 is 0 Å². The second kappa shape index (κ2) is 6.65. The maximum Gasteiger partial charge on any atom is 0.433 e. The fraction of sp³-hybridized carbons (Fsp3) is 0.421. The van der Waals surface area contributed by atoms with Crippen LogP contribution in [0.4, 0.5) is 18.9 Å². The van der Waals surface area contributed by atoms with Crippen LogP contribution in [0.2, 0.25) is 0 Å². The van der Waals surface area contributed by atoms with Crippen LogP contribution in [0.5, 0.6) is 0 Å². The van der Waals surface area contributed by atoms with Crippen LogP contribution in [0.25, 0.3) is 0 Å². The number of carbonyl (C=O) groups is 1. The van der Waals surface area contributed by atoms with Gasteiger partial charge in [-0.3, -0.25) is 14.6 Å². The molecule has 0 saturated carbocycles. The van der Waals surface area contributed by atoms with Crippen molar-refractivity contribution in [2.24, 2.45) is 5.92 Å². The van der Waals surface area contributed by atoms with Gasteiger partial charge in [0.2, 0.25) is 11.5 Å². The minimum absolute atomic E-state index is 0.00759. The molecular formula is C19H19F3N4O2. The molecule has 0 unspecified atom stereocenters. The number of H-pyrrole nitrogens is 1. The molecule has 0 bridgehead atoms. The molecule has 2 aliphatic rings. The quantitative estimate of drug-likeness (QED) is 0.871. The average Bonchev–Trinajstić information content (AvgIpc) is 3.01. The van der Waals surface area contributed by atoms with Crippen molar-refractivity contribution in [2.75, 3.05) is 18.0 Å². The Kier molecular flexibility index (Phi) is 4.40. The first-order chi connectivity index (χ1) is 13.2. The van der Waals surface area contributed by atoms with Crippen molar-refractivity contribution in [3.05, 3.63) is 57.3 Å². The number of hydrogen-bond acceptors (Lipinski definition) is 4. The van der Waals surface area contributed by atoms with Crippen molar-refractivity contribution < 1.29 is 18.0 Å². The molecule has 0 radical (unpaired) electrons. The number of nitrogens with one attached hydrogen (secondary N) is 1. The van der Waals surface area contributed by atoms with Crippen LogP contribution < -0.4 is 10.5 Å². The summed E-state index contributed by atoms with van der Waals surface area (Å²) in [5.74, 6) is 0.0886. The van der Waals surface area contributed by atoms with E-state index < -0.39 is 11.9 Å². The summed E-state index contributed by atoms with van der Waals surface area (Å²) >= 11 is 0. The summed E-state index contributed by atoms with van der Waals surface area (Å²) in [7, 11) is 0. The van der Waals surface area contributed by atoms with Crippen molar-refractivity contribution in [2.45, 2.75) is 32.6 Å². The smallest absolute Gasteiger partial charge is 0.371 e. The summed E-state index contributed by atoms with van der Waals surface area (Å²) in [5.41, 5.74) is 2.03. The standard InChI is InChI=1S/C19H19F3N4O2/c1-11-4-17(27)24-15-10-26(9-14(11)15)18(28)5-12-7-25(8-12)13-2-3-23-16(6-13)19(20,21)22/h2-4,6,12H,5,7-10H2,1H3,(H,24,27). The minimum Gasteiger partial charge on any atom is -0.371 e. The molecule has 28 heavy (non-hydrogen) atoms. The Morgan fingerprint density at radius 1 is 1.29 bits per heavy atom. The van der Waals surface area contributed by atoms with Crippen molar-refractivity contribution in [1.29, 1.82) is 0 Å². The molecule has 1 amide bonds. The number of rotatable bonds is 3. The first-order valence-corrected chi connectivity index (χ1v) is 8.98. The maximum atomic E-state index is 12.8. The number of hydrogen-bond donors (Lipinski definition) is 1. The Labute approximate surface area is 159 Å². The Morgan fingerprint density at radius 2 is 2.04 bits per heavy atom. The number of pyridine rings is 2. The van der Waals surface area contributed by atoms with E-state index in [1.807, 2.05) is 11.8 Å². The summed E-state index contributed by atoms with van der Waals surface area (Å²) in [6.07, 6.45) is -2.98. The highest BCUT2D eigenvalue weighted by Crippen LogP contribution is 2.33. The molecule has 2 aromatic rings. The van der Waals surface area contributed by atoms with Crippen LogP contribution in [0.15, 0.2) is 29.2 Å². The lowest BCUT2D eigenvalue weighted by Gasteiger charge is -2.41. The van der Waals surface area contributed by atoms with E-state index in [-0.39, 0.29) is 17.4 Å². The number of carbonyl (C=O) groups excluding carboxylic acids is 1. The van der Waals surface area contributed by atoms with Crippen molar-refractivity contribution in [3.8, 4) is 0 Å². The topological polar surface area (TPSA) is 69.3 Å². The molecule has 1 fully saturated rings. The molecule has 2 aliphatic heterocycles. The molecule has 0 aliphatic carbocycles. The van der Waals surface area contributed by atoms with Crippen LogP contribution in [0.1, 0.15) is 28.9 Å². The highest BCUT2D eigenvalue weighted by atomic mass is 19.4. The van der Waals surface area contributed by atoms with Gasteiger partial charge < -0.3 is 14.8 Å². The molecule has 1 saturated heterocycles. The summed E-state index contributed by atoms with van der Waals surface area (Å²) in [6, 6.07) is 4.11. The second-order valence-electron chi connectivity index (χ2n) is 7.40. The normalized spacial score (nSPS) is 16.9. The number of aromatic nitrogens is 2. The number of anilines is 1. The van der Waals surface area contributed by atoms with Gasteiger partial charge in [-0.25, -0.2) is 0 Å². The highest BCUT2D eigenvalue weighted by molar-refractivity contribution is 5.77. The molecule has 6 nitrogen and oxygen atoms in total. The zero-order valence-corrected chi connectivity index (χ0v) is 15.2. The average molecular weight is 392 g/mol. The third kappa shape index (κ3) is 3.48. The third-order valence-corrected chi connectivity index (χ3v) is 5.33. The van der Waals surface area contributed by atoms with Crippen LogP contribution in [-0.4, -0.2) is 33.9 Å². The molecule has 0 atom stereocenters. The number of nitrogens with zero attached hydrogens (tertiary/aromatic N) is 3. The van der Waals surface area contributed by atoms with E-state index in [1.54, 1.807) is 11.0 Å². The molecular weight excluding hydrogens is 373 g/mol. The van der Waals surface area contributed by atoms with Crippen LogP contribution in [0, 0.1) is 12.8 Å². The summed E-state index contributed by atoms with van der Waals surface area (Å²) in [4.78, 5) is 33.9. The molecule has 2 aromatic heterocycles. The fourth-order valence-electron chi connectivity index (χ4n) is 3.81. The monoisotopic (exact) mass is 392 g/mol. The van der Waals surface area contributed by atoms with Gasteiger partial charge in [0.1, 0.15) is 5.69 Å². The van der Waals surface area contributed by atoms with E-state index in [0.29, 0.717) is 38.3 Å². The van der Waals surface area contributed by atoms with Crippen LogP contribution >= 0.6 is 0 Å². The zero-order valence-electron chi connectivity index (χ0n) is 15.2. The molecule has 148 valence electrons. The van der Waals surface area contributed by atoms with Gasteiger partial charge in [-0.05, 0) is 30.2 Å². The van der Waals surface area contributed by atoms with Gasteiger partial charge >= 0.3 is 6.18 Å². The molecule has 1 N–H and O–H groups in total. The maximum absolute atomic E-state index is 12.8. The van der Waals surface area contributed by atoms with Gasteiger partial charge in [0.15, 0.2) is 0 Å². The fourth-order valence-corrected chi connectivity index (χ4v) is 3.81. The zero-order chi connectivity index (χ0) is 20.1. The predicted octanol–water partition coefficient (Wildman–Crippen LogP) is 2.47. The Bertz CT molecular complexity index is 980. The molecule has 4 rings (SSSR count). The minimum atomic E-state index is -4.47. The van der Waals surface area contributed by atoms with Gasteiger partial charge in [0.25, 0.3) is 0 Å². The van der Waals surface area contributed by atoms with E-state index in [9.17, 15) is 22.8 Å². The molecule has 0 aromatic carbocycles. The number of fused-ring (bicyclic) bond motifs is 1. The van der Waals surface area contributed by atoms with E-state index in [0.717, 1.165) is 29.1 Å². The SMILES string of the molecule is Cc1cc(=O)[nH]c2c1CN(C(=O)CC1CN(c3ccnc(C(F)(F)F)c3)C1)C2. The Morgan fingerprint density at radius 3 is 2.75 bits per heavy atom. The first kappa shape index (κ1) is 18.5. The predicted molar refractivity (Wildman–Crippen MR) is 95.6 cm³/mol.